The van der Waals surface area contributed by atoms with Gasteiger partial charge in [0, 0.05) is 0 Å². The van der Waals surface area contributed by atoms with Crippen molar-refractivity contribution < 1.29 is 5.11 Å². The first-order valence-electron chi connectivity index (χ1n) is 4.13. The van der Waals surface area contributed by atoms with Gasteiger partial charge in [0.1, 0.15) is 0 Å². The molecule has 2 rings (SSSR count). The molecule has 6 heteroatoms. The van der Waals surface area contributed by atoms with Crippen molar-refractivity contribution in [3.05, 3.63) is 32.4 Å². The monoisotopic (exact) mass is 242 g/mol. The van der Waals surface area contributed by atoms with Crippen LogP contribution in [0, 0.1) is 6.92 Å². The Morgan fingerprint density at radius 3 is 2.80 bits per heavy atom. The van der Waals surface area contributed by atoms with Gasteiger partial charge >= 0.3 is 0 Å². The van der Waals surface area contributed by atoms with E-state index in [0.29, 0.717) is 15.0 Å². The highest BCUT2D eigenvalue weighted by Gasteiger charge is 2.09. The highest BCUT2D eigenvalue weighted by Crippen LogP contribution is 2.28. The molecule has 0 spiro atoms. The number of aromatic hydroxyl groups is 1. The van der Waals surface area contributed by atoms with Gasteiger partial charge in [-0.05, 0) is 19.1 Å². The van der Waals surface area contributed by atoms with Crippen molar-refractivity contribution in [2.75, 3.05) is 0 Å². The number of hydrogen-bond donors (Lipinski definition) is 2. The third-order valence-corrected chi connectivity index (χ3v) is 3.17. The fraction of sp³-hybridized carbons (Fsp3) is 0.111. The van der Waals surface area contributed by atoms with Gasteiger partial charge in [-0.3, -0.25) is 4.79 Å². The minimum absolute atomic E-state index is 0.210. The van der Waals surface area contributed by atoms with Crippen LogP contribution in [0.15, 0.2) is 16.9 Å². The van der Waals surface area contributed by atoms with E-state index in [4.69, 9.17) is 11.6 Å². The summed E-state index contributed by atoms with van der Waals surface area (Å²) in [6.45, 7) is 1.51. The average Bonchev–Trinajstić information content (AvgIpc) is 2.60. The van der Waals surface area contributed by atoms with Gasteiger partial charge in [0.25, 0.3) is 5.56 Å². The van der Waals surface area contributed by atoms with Crippen molar-refractivity contribution in [3.8, 4) is 16.6 Å². The molecule has 78 valence electrons. The molecule has 2 N–H and O–H groups in total. The van der Waals surface area contributed by atoms with Crippen molar-refractivity contribution in [1.82, 2.24) is 9.97 Å². The third kappa shape index (κ3) is 1.88. The van der Waals surface area contributed by atoms with Crippen LogP contribution >= 0.6 is 22.9 Å². The molecular formula is C9H7ClN2O2S. The predicted octanol–water partition coefficient (Wildman–Crippen LogP) is 2.17. The lowest BCUT2D eigenvalue weighted by Crippen LogP contribution is -2.11. The van der Waals surface area contributed by atoms with E-state index in [0.717, 1.165) is 0 Å². The van der Waals surface area contributed by atoms with Crippen molar-refractivity contribution in [2.24, 2.45) is 0 Å². The number of halogens is 1. The highest BCUT2D eigenvalue weighted by atomic mass is 35.5. The number of hydrogen-bond acceptors (Lipinski definition) is 4. The fourth-order valence-electron chi connectivity index (χ4n) is 1.08. The maximum Gasteiger partial charge on any atom is 0.257 e. The molecule has 0 aliphatic carbocycles. The molecule has 0 aliphatic heterocycles. The molecule has 0 aliphatic rings. The van der Waals surface area contributed by atoms with Gasteiger partial charge < -0.3 is 10.1 Å². The Morgan fingerprint density at radius 1 is 1.53 bits per heavy atom. The van der Waals surface area contributed by atoms with Crippen molar-refractivity contribution >= 4 is 22.9 Å². The van der Waals surface area contributed by atoms with Crippen LogP contribution in [0.25, 0.3) is 10.7 Å². The minimum atomic E-state index is -0.345. The van der Waals surface area contributed by atoms with Crippen LogP contribution in [0.3, 0.4) is 0 Å². The Labute approximate surface area is 94.2 Å². The molecule has 0 atom stereocenters. The van der Waals surface area contributed by atoms with Gasteiger partial charge in [0.2, 0.25) is 5.88 Å². The first kappa shape index (κ1) is 10.2. The van der Waals surface area contributed by atoms with Gasteiger partial charge in [0.15, 0.2) is 5.82 Å². The normalized spacial score (nSPS) is 10.5. The number of nitrogens with zero attached hydrogens (tertiary/aromatic N) is 1. The summed E-state index contributed by atoms with van der Waals surface area (Å²) in [6.07, 6.45) is 0. The van der Waals surface area contributed by atoms with Crippen LogP contribution in [-0.4, -0.2) is 15.1 Å². The number of rotatable bonds is 1. The van der Waals surface area contributed by atoms with Crippen molar-refractivity contribution in [2.45, 2.75) is 6.92 Å². The van der Waals surface area contributed by atoms with Gasteiger partial charge in [-0.15, -0.1) is 11.3 Å². The van der Waals surface area contributed by atoms with Crippen LogP contribution < -0.4 is 5.56 Å². The Bertz CT molecular complexity index is 561. The Balaban J connectivity index is 2.60. The molecule has 0 unspecified atom stereocenters. The molecule has 2 aromatic heterocycles. The number of thiophene rings is 1. The largest absolute Gasteiger partial charge is 0.493 e. The quantitative estimate of drug-likeness (QED) is 0.805. The molecule has 0 saturated carbocycles. The molecule has 15 heavy (non-hydrogen) atoms. The summed E-state index contributed by atoms with van der Waals surface area (Å²) in [5.41, 5.74) is -0.136. The smallest absolute Gasteiger partial charge is 0.257 e. The first-order valence-corrected chi connectivity index (χ1v) is 5.33. The van der Waals surface area contributed by atoms with E-state index in [1.807, 2.05) is 0 Å². The molecule has 0 fully saturated rings. The second kappa shape index (κ2) is 3.67. The number of aromatic amines is 1. The molecule has 0 radical (unpaired) electrons. The zero-order valence-corrected chi connectivity index (χ0v) is 9.32. The standard InChI is InChI=1S/C9H7ClN2O2S/c1-4-8(13)11-7(12-9(4)14)5-2-3-6(10)15-5/h2-3H,1H3,(H2,11,12,13,14). The summed E-state index contributed by atoms with van der Waals surface area (Å²) in [7, 11) is 0. The van der Waals surface area contributed by atoms with Crippen molar-refractivity contribution in [3.63, 3.8) is 0 Å². The van der Waals surface area contributed by atoms with Crippen molar-refractivity contribution in [1.29, 1.82) is 0 Å². The SMILES string of the molecule is Cc1c(O)nc(-c2ccc(Cl)s2)[nH]c1=O. The Morgan fingerprint density at radius 2 is 2.27 bits per heavy atom. The molecule has 2 heterocycles. The summed E-state index contributed by atoms with van der Waals surface area (Å²) < 4.78 is 0.604. The lowest BCUT2D eigenvalue weighted by atomic mass is 10.3. The second-order valence-electron chi connectivity index (χ2n) is 2.97. The number of nitrogens with one attached hydrogen (secondary N) is 1. The van der Waals surface area contributed by atoms with Gasteiger partial charge in [-0.1, -0.05) is 11.6 Å². The topological polar surface area (TPSA) is 66.0 Å². The highest BCUT2D eigenvalue weighted by molar-refractivity contribution is 7.19. The summed E-state index contributed by atoms with van der Waals surface area (Å²) in [5.74, 6) is 0.0817. The van der Waals surface area contributed by atoms with Crippen LogP contribution in [0.1, 0.15) is 5.56 Å². The van der Waals surface area contributed by atoms with Gasteiger partial charge in [-0.2, -0.15) is 4.98 Å². The molecule has 0 bridgehead atoms. The Hall–Kier alpha value is -1.33. The van der Waals surface area contributed by atoms with E-state index < -0.39 is 0 Å². The average molecular weight is 243 g/mol. The molecular weight excluding hydrogens is 236 g/mol. The predicted molar refractivity (Wildman–Crippen MR) is 59.6 cm³/mol. The van der Waals surface area contributed by atoms with E-state index in [2.05, 4.69) is 9.97 Å². The maximum atomic E-state index is 11.4. The van der Waals surface area contributed by atoms with Crippen LogP contribution in [0.5, 0.6) is 5.88 Å². The molecule has 0 aromatic carbocycles. The summed E-state index contributed by atoms with van der Waals surface area (Å²) >= 11 is 7.04. The van der Waals surface area contributed by atoms with E-state index in [1.165, 1.54) is 18.3 Å². The molecule has 4 nitrogen and oxygen atoms in total. The summed E-state index contributed by atoms with van der Waals surface area (Å²) in [4.78, 5) is 18.5. The molecule has 0 amide bonds. The lowest BCUT2D eigenvalue weighted by Gasteiger charge is -1.99. The fourth-order valence-corrected chi connectivity index (χ4v) is 2.07. The maximum absolute atomic E-state index is 11.4. The molecule has 2 aromatic rings. The Kier molecular flexibility index (Phi) is 2.50. The summed E-state index contributed by atoms with van der Waals surface area (Å²) in [6, 6.07) is 3.44. The molecule has 0 saturated heterocycles. The van der Waals surface area contributed by atoms with E-state index in [1.54, 1.807) is 12.1 Å². The van der Waals surface area contributed by atoms with Gasteiger partial charge in [0.05, 0.1) is 14.8 Å². The summed E-state index contributed by atoms with van der Waals surface area (Å²) in [5, 5.41) is 9.39. The van der Waals surface area contributed by atoms with E-state index >= 15 is 0 Å². The minimum Gasteiger partial charge on any atom is -0.493 e. The van der Waals surface area contributed by atoms with Crippen LogP contribution in [0.2, 0.25) is 4.34 Å². The third-order valence-electron chi connectivity index (χ3n) is 1.93. The van der Waals surface area contributed by atoms with E-state index in [9.17, 15) is 9.90 Å². The number of H-pyrrole nitrogens is 1. The number of aromatic nitrogens is 2. The second-order valence-corrected chi connectivity index (χ2v) is 4.68. The van der Waals surface area contributed by atoms with Crippen LogP contribution in [-0.2, 0) is 0 Å². The van der Waals surface area contributed by atoms with Gasteiger partial charge in [-0.25, -0.2) is 0 Å². The van der Waals surface area contributed by atoms with Crippen LogP contribution in [0.4, 0.5) is 0 Å². The van der Waals surface area contributed by atoms with E-state index in [-0.39, 0.29) is 17.0 Å². The lowest BCUT2D eigenvalue weighted by molar-refractivity contribution is 0.447. The first-order chi connectivity index (χ1) is 7.08. The zero-order valence-electron chi connectivity index (χ0n) is 7.74. The zero-order chi connectivity index (χ0) is 11.0.